The van der Waals surface area contributed by atoms with Gasteiger partial charge in [-0.25, -0.2) is 14.4 Å². The van der Waals surface area contributed by atoms with Crippen molar-refractivity contribution >= 4 is 49.2 Å². The highest BCUT2D eigenvalue weighted by molar-refractivity contribution is 9.10. The Balaban J connectivity index is 1.55. The molecule has 0 aliphatic rings. The number of nitrogens with one attached hydrogen (secondary N) is 1. The second-order valence-corrected chi connectivity index (χ2v) is 7.44. The Labute approximate surface area is 160 Å². The number of carbonyl (C=O) groups excluding carboxylic acids is 1. The SMILES string of the molecule is O=C(Nc1ccc(-c2nc3ccccc3s2)cn1)c1ccc(Br)cc1F. The first kappa shape index (κ1) is 16.8. The molecular weight excluding hydrogens is 417 g/mol. The number of thiazole rings is 1. The molecule has 0 radical (unpaired) electrons. The number of hydrogen-bond donors (Lipinski definition) is 1. The van der Waals surface area contributed by atoms with Crippen molar-refractivity contribution in [3.8, 4) is 10.6 Å². The molecule has 128 valence electrons. The molecule has 2 heterocycles. The van der Waals surface area contributed by atoms with Crippen molar-refractivity contribution in [2.24, 2.45) is 0 Å². The van der Waals surface area contributed by atoms with E-state index in [1.807, 2.05) is 30.3 Å². The molecule has 0 aliphatic carbocycles. The zero-order chi connectivity index (χ0) is 18.1. The number of halogens is 2. The highest BCUT2D eigenvalue weighted by Gasteiger charge is 2.13. The number of benzene rings is 2. The number of pyridine rings is 1. The van der Waals surface area contributed by atoms with Gasteiger partial charge < -0.3 is 5.32 Å². The molecule has 0 fully saturated rings. The van der Waals surface area contributed by atoms with Gasteiger partial charge in [0.2, 0.25) is 0 Å². The first-order chi connectivity index (χ1) is 12.6. The summed E-state index contributed by atoms with van der Waals surface area (Å²) in [5, 5.41) is 3.46. The quantitative estimate of drug-likeness (QED) is 0.468. The van der Waals surface area contributed by atoms with E-state index >= 15 is 0 Å². The fraction of sp³-hybridized carbons (Fsp3) is 0. The lowest BCUT2D eigenvalue weighted by Gasteiger charge is -2.06. The van der Waals surface area contributed by atoms with E-state index in [1.165, 1.54) is 12.1 Å². The van der Waals surface area contributed by atoms with Crippen molar-refractivity contribution in [3.05, 3.63) is 76.6 Å². The van der Waals surface area contributed by atoms with Gasteiger partial charge in [-0.2, -0.15) is 0 Å². The highest BCUT2D eigenvalue weighted by atomic mass is 79.9. The Hall–Kier alpha value is -2.64. The van der Waals surface area contributed by atoms with Gasteiger partial charge in [0, 0.05) is 16.2 Å². The van der Waals surface area contributed by atoms with Crippen LogP contribution in [0.3, 0.4) is 0 Å². The van der Waals surface area contributed by atoms with Crippen molar-refractivity contribution in [1.29, 1.82) is 0 Å². The maximum absolute atomic E-state index is 13.9. The second kappa shape index (κ2) is 6.93. The molecule has 1 N–H and O–H groups in total. The largest absolute Gasteiger partial charge is 0.306 e. The molecular formula is C19H11BrFN3OS. The van der Waals surface area contributed by atoms with Gasteiger partial charge in [-0.05, 0) is 42.5 Å². The summed E-state index contributed by atoms with van der Waals surface area (Å²) in [6.45, 7) is 0. The zero-order valence-electron chi connectivity index (χ0n) is 13.2. The zero-order valence-corrected chi connectivity index (χ0v) is 15.6. The Morgan fingerprint density at radius 2 is 1.96 bits per heavy atom. The predicted octanol–water partition coefficient (Wildman–Crippen LogP) is 5.51. The second-order valence-electron chi connectivity index (χ2n) is 5.50. The molecule has 7 heteroatoms. The molecule has 0 unspecified atom stereocenters. The van der Waals surface area contributed by atoms with E-state index in [0.29, 0.717) is 10.3 Å². The van der Waals surface area contributed by atoms with Crippen molar-refractivity contribution in [3.63, 3.8) is 0 Å². The van der Waals surface area contributed by atoms with E-state index in [-0.39, 0.29) is 5.56 Å². The Kier molecular flexibility index (Phi) is 4.48. The van der Waals surface area contributed by atoms with Crippen molar-refractivity contribution in [2.45, 2.75) is 0 Å². The van der Waals surface area contributed by atoms with Crippen LogP contribution in [-0.4, -0.2) is 15.9 Å². The number of hydrogen-bond acceptors (Lipinski definition) is 4. The highest BCUT2D eigenvalue weighted by Crippen LogP contribution is 2.29. The molecule has 1 amide bonds. The van der Waals surface area contributed by atoms with Crippen LogP contribution in [0, 0.1) is 5.82 Å². The van der Waals surface area contributed by atoms with Crippen LogP contribution in [0.15, 0.2) is 65.3 Å². The molecule has 0 bridgehead atoms. The van der Waals surface area contributed by atoms with Gasteiger partial charge in [-0.1, -0.05) is 28.1 Å². The monoisotopic (exact) mass is 427 g/mol. The normalized spacial score (nSPS) is 10.8. The number of fused-ring (bicyclic) bond motifs is 1. The summed E-state index contributed by atoms with van der Waals surface area (Å²) in [4.78, 5) is 21.0. The van der Waals surface area contributed by atoms with E-state index in [2.05, 4.69) is 31.2 Å². The summed E-state index contributed by atoms with van der Waals surface area (Å²) in [7, 11) is 0. The number of anilines is 1. The Bertz CT molecular complexity index is 1080. The fourth-order valence-corrected chi connectivity index (χ4v) is 3.74. The van der Waals surface area contributed by atoms with E-state index in [1.54, 1.807) is 29.7 Å². The number of rotatable bonds is 3. The van der Waals surface area contributed by atoms with Crippen molar-refractivity contribution in [2.75, 3.05) is 5.32 Å². The summed E-state index contributed by atoms with van der Waals surface area (Å²) >= 11 is 4.74. The molecule has 0 saturated carbocycles. The lowest BCUT2D eigenvalue weighted by molar-refractivity contribution is 0.102. The molecule has 26 heavy (non-hydrogen) atoms. The third-order valence-corrected chi connectivity index (χ3v) is 5.30. The number of nitrogens with zero attached hydrogens (tertiary/aromatic N) is 2. The van der Waals surface area contributed by atoms with Gasteiger partial charge in [0.1, 0.15) is 16.6 Å². The number of para-hydroxylation sites is 1. The Morgan fingerprint density at radius 1 is 1.12 bits per heavy atom. The van der Waals surface area contributed by atoms with Crippen LogP contribution in [0.4, 0.5) is 10.2 Å². The van der Waals surface area contributed by atoms with Crippen molar-refractivity contribution < 1.29 is 9.18 Å². The van der Waals surface area contributed by atoms with E-state index in [9.17, 15) is 9.18 Å². The predicted molar refractivity (Wildman–Crippen MR) is 105 cm³/mol. The maximum Gasteiger partial charge on any atom is 0.259 e. The van der Waals surface area contributed by atoms with Gasteiger partial charge in [0.05, 0.1) is 15.8 Å². The van der Waals surface area contributed by atoms with Crippen LogP contribution in [0.1, 0.15) is 10.4 Å². The lowest BCUT2D eigenvalue weighted by atomic mass is 10.2. The van der Waals surface area contributed by atoms with Crippen LogP contribution in [0.25, 0.3) is 20.8 Å². The van der Waals surface area contributed by atoms with E-state index in [4.69, 9.17) is 0 Å². The molecule has 4 nitrogen and oxygen atoms in total. The minimum atomic E-state index is -0.594. The number of carbonyl (C=O) groups is 1. The molecule has 0 atom stereocenters. The summed E-state index contributed by atoms with van der Waals surface area (Å²) in [6, 6.07) is 15.7. The topological polar surface area (TPSA) is 54.9 Å². The third-order valence-electron chi connectivity index (χ3n) is 3.72. The number of amides is 1. The summed E-state index contributed by atoms with van der Waals surface area (Å²) in [6.07, 6.45) is 1.64. The Morgan fingerprint density at radius 3 is 2.69 bits per heavy atom. The third kappa shape index (κ3) is 3.36. The average molecular weight is 428 g/mol. The minimum absolute atomic E-state index is 0.0368. The first-order valence-corrected chi connectivity index (χ1v) is 9.29. The first-order valence-electron chi connectivity index (χ1n) is 7.68. The summed E-state index contributed by atoms with van der Waals surface area (Å²) in [5.41, 5.74) is 1.76. The molecule has 4 aromatic rings. The summed E-state index contributed by atoms with van der Waals surface area (Å²) in [5.74, 6) is -0.791. The van der Waals surface area contributed by atoms with Gasteiger partial charge >= 0.3 is 0 Å². The van der Waals surface area contributed by atoms with Crippen molar-refractivity contribution in [1.82, 2.24) is 9.97 Å². The minimum Gasteiger partial charge on any atom is -0.306 e. The lowest BCUT2D eigenvalue weighted by Crippen LogP contribution is -2.14. The van der Waals surface area contributed by atoms with Gasteiger partial charge in [0.25, 0.3) is 5.91 Å². The van der Waals surface area contributed by atoms with E-state index < -0.39 is 11.7 Å². The molecule has 4 rings (SSSR count). The molecule has 2 aromatic carbocycles. The smallest absolute Gasteiger partial charge is 0.259 e. The molecule has 0 aliphatic heterocycles. The molecule has 2 aromatic heterocycles. The average Bonchev–Trinajstić information content (AvgIpc) is 3.06. The maximum atomic E-state index is 13.9. The fourth-order valence-electron chi connectivity index (χ4n) is 2.45. The number of aromatic nitrogens is 2. The van der Waals surface area contributed by atoms with Crippen LogP contribution in [0.5, 0.6) is 0 Å². The molecule has 0 spiro atoms. The standard InChI is InChI=1S/C19H11BrFN3OS/c20-12-6-7-13(14(21)9-12)18(25)24-17-8-5-11(10-22-17)19-23-15-3-1-2-4-16(15)26-19/h1-10H,(H,22,24,25). The van der Waals surface area contributed by atoms with E-state index in [0.717, 1.165) is 20.8 Å². The van der Waals surface area contributed by atoms with Gasteiger partial charge in [0.15, 0.2) is 0 Å². The summed E-state index contributed by atoms with van der Waals surface area (Å²) < 4.78 is 15.5. The van der Waals surface area contributed by atoms with Crippen LogP contribution in [-0.2, 0) is 0 Å². The van der Waals surface area contributed by atoms with Crippen LogP contribution >= 0.6 is 27.3 Å². The van der Waals surface area contributed by atoms with Crippen LogP contribution in [0.2, 0.25) is 0 Å². The van der Waals surface area contributed by atoms with Crippen LogP contribution < -0.4 is 5.32 Å². The van der Waals surface area contributed by atoms with Gasteiger partial charge in [-0.15, -0.1) is 11.3 Å². The molecule has 0 saturated heterocycles. The van der Waals surface area contributed by atoms with Gasteiger partial charge in [-0.3, -0.25) is 4.79 Å².